The maximum Gasteiger partial charge on any atom is 0.391 e. The Morgan fingerprint density at radius 1 is 0.238 bits per heavy atom. The lowest BCUT2D eigenvalue weighted by Gasteiger charge is -2.72. The van der Waals surface area contributed by atoms with E-state index in [1.54, 1.807) is 0 Å². The second kappa shape index (κ2) is 14.1. The Kier molecular flexibility index (Phi) is 10.6. The number of alkyl halides is 3. The van der Waals surface area contributed by atoms with Crippen molar-refractivity contribution in [3.63, 3.8) is 0 Å². The number of hydrogen-bond donors (Lipinski definition) is 0. The van der Waals surface area contributed by atoms with Crippen molar-refractivity contribution < 1.29 is 13.2 Å². The van der Waals surface area contributed by atoms with E-state index in [0.29, 0.717) is 24.2 Å². The average Bonchev–Trinajstić information content (AvgIpc) is 3.05. The van der Waals surface area contributed by atoms with E-state index in [2.05, 4.69) is 0 Å². The molecule has 0 nitrogen and oxygen atoms in total. The van der Waals surface area contributed by atoms with Crippen LogP contribution in [-0.2, 0) is 0 Å². The van der Waals surface area contributed by atoms with E-state index in [1.165, 1.54) is 161 Å². The average molecular weight is 591 g/mol. The molecule has 0 spiro atoms. The first-order valence-corrected chi connectivity index (χ1v) is 19.6. The summed E-state index contributed by atoms with van der Waals surface area (Å²) in [5.74, 6) is 3.54. The van der Waals surface area contributed by atoms with E-state index in [4.69, 9.17) is 0 Å². The van der Waals surface area contributed by atoms with Gasteiger partial charge in [-0.25, -0.2) is 0 Å². The lowest BCUT2D eigenvalue weighted by atomic mass is 9.32. The van der Waals surface area contributed by atoms with Crippen molar-refractivity contribution >= 4 is 0 Å². The van der Waals surface area contributed by atoms with Crippen LogP contribution < -0.4 is 0 Å². The van der Waals surface area contributed by atoms with Crippen LogP contribution in [-0.4, -0.2) is 6.18 Å². The first kappa shape index (κ1) is 31.8. The molecule has 0 unspecified atom stereocenters. The topological polar surface area (TPSA) is 0 Å². The van der Waals surface area contributed by atoms with Gasteiger partial charge in [0.25, 0.3) is 0 Å². The third kappa shape index (κ3) is 5.89. The summed E-state index contributed by atoms with van der Waals surface area (Å²) in [6.45, 7) is 0. The highest BCUT2D eigenvalue weighted by atomic mass is 19.4. The maximum absolute atomic E-state index is 14.2. The zero-order valence-corrected chi connectivity index (χ0v) is 27.2. The lowest BCUT2D eigenvalue weighted by Crippen LogP contribution is -2.66. The molecule has 0 amide bonds. The minimum Gasteiger partial charge on any atom is -0.171 e. The van der Waals surface area contributed by atoms with E-state index in [1.807, 2.05) is 0 Å². The Morgan fingerprint density at radius 3 is 0.643 bits per heavy atom. The van der Waals surface area contributed by atoms with Crippen LogP contribution in [0.3, 0.4) is 0 Å². The molecule has 0 radical (unpaired) electrons. The third-order valence-electron chi connectivity index (χ3n) is 15.0. The van der Waals surface area contributed by atoms with Gasteiger partial charge in [0.05, 0.1) is 5.92 Å². The highest BCUT2D eigenvalue weighted by molar-refractivity contribution is 5.16. The van der Waals surface area contributed by atoms with Gasteiger partial charge in [-0.2, -0.15) is 13.2 Å². The molecule has 0 aromatic heterocycles. The molecule has 6 aliphatic rings. The summed E-state index contributed by atoms with van der Waals surface area (Å²) in [5, 5.41) is 0. The van der Waals surface area contributed by atoms with Gasteiger partial charge in [-0.05, 0) is 136 Å². The van der Waals surface area contributed by atoms with E-state index < -0.39 is 12.1 Å². The molecule has 0 heterocycles. The molecule has 0 aromatic carbocycles. The van der Waals surface area contributed by atoms with Gasteiger partial charge in [0.2, 0.25) is 0 Å². The minimum absolute atomic E-state index is 0.288. The Morgan fingerprint density at radius 2 is 0.429 bits per heavy atom. The normalized spacial score (nSPS) is 31.8. The van der Waals surface area contributed by atoms with Crippen molar-refractivity contribution in [3.05, 3.63) is 0 Å². The fourth-order valence-electron chi connectivity index (χ4n) is 13.9. The molecule has 0 atom stereocenters. The standard InChI is InChI=1S/C39H65F3/c40-39(41,42)36-28-26-35(27-29-36)38(33-22-12-4-13-23-33,34-24-14-5-15-25-34)37(30-16-6-1-7-17-30,31-18-8-2-9-19-31)32-20-10-3-11-21-32/h30-36H,1-29H2. The number of halogens is 3. The summed E-state index contributed by atoms with van der Waals surface area (Å²) in [6, 6.07) is 0. The predicted molar refractivity (Wildman–Crippen MR) is 169 cm³/mol. The van der Waals surface area contributed by atoms with Crippen molar-refractivity contribution in [2.24, 2.45) is 52.3 Å². The lowest BCUT2D eigenvalue weighted by molar-refractivity contribution is -0.250. The van der Waals surface area contributed by atoms with Crippen molar-refractivity contribution in [2.45, 2.75) is 192 Å². The Hall–Kier alpha value is -0.210. The molecule has 0 N–H and O–H groups in total. The molecule has 242 valence electrons. The monoisotopic (exact) mass is 591 g/mol. The smallest absolute Gasteiger partial charge is 0.171 e. The zero-order valence-electron chi connectivity index (χ0n) is 27.2. The summed E-state index contributed by atoms with van der Waals surface area (Å²) in [7, 11) is 0. The molecule has 6 rings (SSSR count). The minimum atomic E-state index is -4.00. The van der Waals surface area contributed by atoms with E-state index >= 15 is 0 Å². The van der Waals surface area contributed by atoms with E-state index in [0.717, 1.165) is 42.4 Å². The van der Waals surface area contributed by atoms with Crippen molar-refractivity contribution in [1.82, 2.24) is 0 Å². The second-order valence-corrected chi connectivity index (χ2v) is 16.6. The summed E-state index contributed by atoms with van der Waals surface area (Å²) in [4.78, 5) is 0. The van der Waals surface area contributed by atoms with Crippen LogP contribution in [0.2, 0.25) is 0 Å². The zero-order chi connectivity index (χ0) is 29.0. The molecule has 0 bridgehead atoms. The molecular weight excluding hydrogens is 525 g/mol. The van der Waals surface area contributed by atoms with Crippen LogP contribution in [0.15, 0.2) is 0 Å². The van der Waals surface area contributed by atoms with Crippen LogP contribution in [0, 0.1) is 52.3 Å². The molecule has 0 saturated heterocycles. The van der Waals surface area contributed by atoms with Gasteiger partial charge in [0, 0.05) is 0 Å². The highest BCUT2D eigenvalue weighted by Crippen LogP contribution is 2.75. The summed E-state index contributed by atoms with van der Waals surface area (Å²) in [6.07, 6.45) is 33.8. The number of rotatable bonds is 7. The fourth-order valence-corrected chi connectivity index (χ4v) is 13.9. The highest BCUT2D eigenvalue weighted by Gasteiger charge is 2.69. The molecular formula is C39H65F3. The quantitative estimate of drug-likeness (QED) is 0.277. The molecule has 3 heteroatoms. The van der Waals surface area contributed by atoms with Gasteiger partial charge in [-0.15, -0.1) is 0 Å². The van der Waals surface area contributed by atoms with Crippen LogP contribution in [0.1, 0.15) is 186 Å². The van der Waals surface area contributed by atoms with E-state index in [-0.39, 0.29) is 5.41 Å². The van der Waals surface area contributed by atoms with Gasteiger partial charge in [-0.3, -0.25) is 0 Å². The molecule has 6 saturated carbocycles. The van der Waals surface area contributed by atoms with Crippen LogP contribution in [0.4, 0.5) is 13.2 Å². The molecule has 0 aliphatic heterocycles. The first-order valence-electron chi connectivity index (χ1n) is 19.6. The van der Waals surface area contributed by atoms with Gasteiger partial charge < -0.3 is 0 Å². The first-order chi connectivity index (χ1) is 20.5. The largest absolute Gasteiger partial charge is 0.391 e. The van der Waals surface area contributed by atoms with E-state index in [9.17, 15) is 13.2 Å². The summed E-state index contributed by atoms with van der Waals surface area (Å²) >= 11 is 0. The molecule has 0 aromatic rings. The van der Waals surface area contributed by atoms with Gasteiger partial charge in [0.1, 0.15) is 0 Å². The Bertz CT molecular complexity index is 728. The fraction of sp³-hybridized carbons (Fsp3) is 1.00. The van der Waals surface area contributed by atoms with Crippen LogP contribution >= 0.6 is 0 Å². The van der Waals surface area contributed by atoms with Crippen molar-refractivity contribution in [2.75, 3.05) is 0 Å². The second-order valence-electron chi connectivity index (χ2n) is 16.6. The van der Waals surface area contributed by atoms with Gasteiger partial charge in [-0.1, -0.05) is 96.3 Å². The summed E-state index contributed by atoms with van der Waals surface area (Å²) in [5.41, 5.74) is 0.671. The van der Waals surface area contributed by atoms with Gasteiger partial charge >= 0.3 is 6.18 Å². The molecule has 6 aliphatic carbocycles. The van der Waals surface area contributed by atoms with Crippen LogP contribution in [0.25, 0.3) is 0 Å². The van der Waals surface area contributed by atoms with Crippen LogP contribution in [0.5, 0.6) is 0 Å². The maximum atomic E-state index is 14.2. The SMILES string of the molecule is FC(F)(F)C1CCC(C(C2CCCCC2)(C2CCCCC2)C(C2CCCCC2)(C2CCCCC2)C2CCCCC2)CC1. The van der Waals surface area contributed by atoms with Crippen molar-refractivity contribution in [3.8, 4) is 0 Å². The molecule has 6 fully saturated rings. The summed E-state index contributed by atoms with van der Waals surface area (Å²) < 4.78 is 42.5. The predicted octanol–water partition coefficient (Wildman–Crippen LogP) is 13.2. The van der Waals surface area contributed by atoms with Crippen molar-refractivity contribution in [1.29, 1.82) is 0 Å². The third-order valence-corrected chi connectivity index (χ3v) is 15.0. The van der Waals surface area contributed by atoms with Gasteiger partial charge in [0.15, 0.2) is 0 Å². The molecule has 42 heavy (non-hydrogen) atoms. The Labute approximate surface area is 257 Å². The number of hydrogen-bond acceptors (Lipinski definition) is 0. The Balaban J connectivity index is 1.57.